The SMILES string of the molecule is N#CC(=C1Nc2ccccc2S1)c1ccnc(OCc2ccc(CN3CCN(Cc4ncon4)CC3)cc2)n1. The van der Waals surface area contributed by atoms with Gasteiger partial charge in [0.25, 0.3) is 0 Å². The molecule has 4 aromatic rings. The maximum Gasteiger partial charge on any atom is 0.317 e. The van der Waals surface area contributed by atoms with E-state index in [-0.39, 0.29) is 6.01 Å². The smallest absolute Gasteiger partial charge is 0.317 e. The van der Waals surface area contributed by atoms with Gasteiger partial charge in [-0.05, 0) is 29.3 Å². The second-order valence-corrected chi connectivity index (χ2v) is 10.3. The Morgan fingerprint density at radius 3 is 2.49 bits per heavy atom. The van der Waals surface area contributed by atoms with Crippen LogP contribution in [0.2, 0.25) is 0 Å². The summed E-state index contributed by atoms with van der Waals surface area (Å²) < 4.78 is 10.7. The molecular formula is C28H26N8O2S. The van der Waals surface area contributed by atoms with Gasteiger partial charge in [-0.25, -0.2) is 4.98 Å². The second-order valence-electron chi connectivity index (χ2n) is 9.27. The van der Waals surface area contributed by atoms with Crippen LogP contribution in [0.15, 0.2) is 81.6 Å². The fourth-order valence-corrected chi connectivity index (χ4v) is 5.53. The number of thioether (sulfide) groups is 1. The molecule has 1 N–H and O–H groups in total. The summed E-state index contributed by atoms with van der Waals surface area (Å²) in [6.45, 7) is 5.93. The van der Waals surface area contributed by atoms with Crippen LogP contribution in [0.4, 0.5) is 5.69 Å². The summed E-state index contributed by atoms with van der Waals surface area (Å²) in [6.07, 6.45) is 2.99. The van der Waals surface area contributed by atoms with Crippen LogP contribution in [0, 0.1) is 11.3 Å². The van der Waals surface area contributed by atoms with Crippen LogP contribution in [0.5, 0.6) is 6.01 Å². The Bertz CT molecular complexity index is 1470. The third kappa shape index (κ3) is 6.09. The second kappa shape index (κ2) is 11.7. The van der Waals surface area contributed by atoms with Crippen molar-refractivity contribution in [2.45, 2.75) is 24.6 Å². The van der Waals surface area contributed by atoms with Gasteiger partial charge < -0.3 is 14.6 Å². The predicted molar refractivity (Wildman–Crippen MR) is 146 cm³/mol. The average molecular weight is 539 g/mol. The lowest BCUT2D eigenvalue weighted by atomic mass is 10.1. The number of hydrogen-bond donors (Lipinski definition) is 1. The zero-order valence-corrected chi connectivity index (χ0v) is 22.0. The Hall–Kier alpha value is -4.24. The molecule has 11 heteroatoms. The van der Waals surface area contributed by atoms with Crippen molar-refractivity contribution in [3.8, 4) is 12.1 Å². The van der Waals surface area contributed by atoms with E-state index in [1.165, 1.54) is 23.7 Å². The summed E-state index contributed by atoms with van der Waals surface area (Å²) in [5.74, 6) is 0.733. The van der Waals surface area contributed by atoms with Gasteiger partial charge in [0, 0.05) is 43.8 Å². The summed E-state index contributed by atoms with van der Waals surface area (Å²) in [6, 6.07) is 20.6. The zero-order chi connectivity index (χ0) is 26.4. The van der Waals surface area contributed by atoms with Gasteiger partial charge in [0.1, 0.15) is 18.2 Å². The van der Waals surface area contributed by atoms with E-state index < -0.39 is 0 Å². The molecule has 2 aliphatic rings. The van der Waals surface area contributed by atoms with Gasteiger partial charge in [-0.1, -0.05) is 53.3 Å². The number of benzene rings is 2. The lowest BCUT2D eigenvalue weighted by Crippen LogP contribution is -2.45. The summed E-state index contributed by atoms with van der Waals surface area (Å²) in [4.78, 5) is 18.7. The molecule has 0 saturated carbocycles. The first-order valence-electron chi connectivity index (χ1n) is 12.7. The van der Waals surface area contributed by atoms with Crippen LogP contribution in [-0.4, -0.2) is 56.1 Å². The minimum Gasteiger partial charge on any atom is -0.459 e. The van der Waals surface area contributed by atoms with Crippen molar-refractivity contribution in [3.05, 3.63) is 94.9 Å². The Balaban J connectivity index is 1.02. The zero-order valence-electron chi connectivity index (χ0n) is 21.2. The molecule has 0 spiro atoms. The number of nitrogens with one attached hydrogen (secondary N) is 1. The van der Waals surface area contributed by atoms with Crippen molar-refractivity contribution in [2.24, 2.45) is 0 Å². The molecule has 4 heterocycles. The minimum atomic E-state index is 0.240. The van der Waals surface area contributed by atoms with E-state index in [0.717, 1.165) is 66.3 Å². The molecule has 0 aliphatic carbocycles. The monoisotopic (exact) mass is 538 g/mol. The molecule has 1 fully saturated rings. The maximum absolute atomic E-state index is 9.85. The fourth-order valence-electron chi connectivity index (χ4n) is 4.52. The third-order valence-electron chi connectivity index (χ3n) is 6.61. The van der Waals surface area contributed by atoms with E-state index >= 15 is 0 Å². The van der Waals surface area contributed by atoms with Gasteiger partial charge >= 0.3 is 6.01 Å². The van der Waals surface area contributed by atoms with Crippen LogP contribution in [0.3, 0.4) is 0 Å². The van der Waals surface area contributed by atoms with Gasteiger partial charge in [0.05, 0.1) is 23.0 Å². The average Bonchev–Trinajstić information content (AvgIpc) is 3.64. The summed E-state index contributed by atoms with van der Waals surface area (Å²) in [5, 5.41) is 17.8. The van der Waals surface area contributed by atoms with Crippen molar-refractivity contribution >= 4 is 23.0 Å². The number of fused-ring (bicyclic) bond motifs is 1. The number of hydrogen-bond acceptors (Lipinski definition) is 11. The highest BCUT2D eigenvalue weighted by atomic mass is 32.2. The molecule has 0 amide bonds. The largest absolute Gasteiger partial charge is 0.459 e. The lowest BCUT2D eigenvalue weighted by molar-refractivity contribution is 0.119. The number of aromatic nitrogens is 4. The van der Waals surface area contributed by atoms with Crippen LogP contribution >= 0.6 is 11.8 Å². The number of piperazine rings is 1. The summed E-state index contributed by atoms with van der Waals surface area (Å²) in [5.41, 5.74) is 4.26. The van der Waals surface area contributed by atoms with Crippen molar-refractivity contribution in [1.82, 2.24) is 29.9 Å². The topological polar surface area (TPSA) is 116 Å². The molecule has 0 unspecified atom stereocenters. The Morgan fingerprint density at radius 2 is 1.74 bits per heavy atom. The minimum absolute atomic E-state index is 0.240. The number of allylic oxidation sites excluding steroid dienone is 1. The van der Waals surface area contributed by atoms with E-state index in [2.05, 4.69) is 65.6 Å². The molecule has 1 saturated heterocycles. The molecule has 2 aromatic carbocycles. The molecule has 0 radical (unpaired) electrons. The summed E-state index contributed by atoms with van der Waals surface area (Å²) >= 11 is 1.52. The predicted octanol–water partition coefficient (Wildman–Crippen LogP) is 4.17. The number of rotatable bonds is 8. The van der Waals surface area contributed by atoms with Crippen LogP contribution < -0.4 is 10.1 Å². The standard InChI is InChI=1S/C28H26N8O2S/c29-15-22(27-32-24-3-1-2-4-25(24)39-27)23-9-10-30-28(33-23)37-18-21-7-5-20(6-8-21)16-35-11-13-36(14-12-35)17-26-31-19-38-34-26/h1-10,19,32H,11-14,16-18H2. The van der Waals surface area contributed by atoms with Gasteiger partial charge in [0.15, 0.2) is 5.82 Å². The number of anilines is 1. The first-order valence-corrected chi connectivity index (χ1v) is 13.5. The van der Waals surface area contributed by atoms with Crippen LogP contribution in [-0.2, 0) is 19.7 Å². The van der Waals surface area contributed by atoms with Crippen molar-refractivity contribution in [1.29, 1.82) is 5.26 Å². The highest BCUT2D eigenvalue weighted by Crippen LogP contribution is 2.43. The summed E-state index contributed by atoms with van der Waals surface area (Å²) in [7, 11) is 0. The first-order chi connectivity index (χ1) is 19.2. The Kier molecular flexibility index (Phi) is 7.49. The molecule has 2 aromatic heterocycles. The lowest BCUT2D eigenvalue weighted by Gasteiger charge is -2.34. The van der Waals surface area contributed by atoms with Gasteiger partial charge in [-0.3, -0.25) is 9.80 Å². The maximum atomic E-state index is 9.85. The van der Waals surface area contributed by atoms with Gasteiger partial charge in [-0.2, -0.15) is 15.2 Å². The normalized spacial score (nSPS) is 16.8. The van der Waals surface area contributed by atoms with E-state index in [1.807, 2.05) is 24.3 Å². The number of para-hydroxylation sites is 1. The van der Waals surface area contributed by atoms with E-state index in [9.17, 15) is 5.26 Å². The number of ether oxygens (including phenoxy) is 1. The number of nitriles is 1. The van der Waals surface area contributed by atoms with E-state index in [0.29, 0.717) is 17.9 Å². The third-order valence-corrected chi connectivity index (χ3v) is 7.70. The van der Waals surface area contributed by atoms with Crippen molar-refractivity contribution in [2.75, 3.05) is 31.5 Å². The van der Waals surface area contributed by atoms with Crippen LogP contribution in [0.25, 0.3) is 5.57 Å². The molecular weight excluding hydrogens is 512 g/mol. The molecule has 196 valence electrons. The van der Waals surface area contributed by atoms with Gasteiger partial charge in [-0.15, -0.1) is 0 Å². The number of nitrogens with zero attached hydrogens (tertiary/aromatic N) is 7. The van der Waals surface area contributed by atoms with Crippen LogP contribution in [0.1, 0.15) is 22.6 Å². The Labute approximate surface area is 230 Å². The van der Waals surface area contributed by atoms with Crippen molar-refractivity contribution in [3.63, 3.8) is 0 Å². The molecule has 39 heavy (non-hydrogen) atoms. The fraction of sp³-hybridized carbons (Fsp3) is 0.250. The highest BCUT2D eigenvalue weighted by Gasteiger charge is 2.21. The molecule has 2 aliphatic heterocycles. The van der Waals surface area contributed by atoms with Gasteiger partial charge in [0.2, 0.25) is 6.39 Å². The first kappa shape index (κ1) is 25.1. The Morgan fingerprint density at radius 1 is 0.974 bits per heavy atom. The quantitative estimate of drug-likeness (QED) is 0.326. The highest BCUT2D eigenvalue weighted by molar-refractivity contribution is 8.04. The molecule has 10 nitrogen and oxygen atoms in total. The molecule has 0 bridgehead atoms. The molecule has 6 rings (SSSR count). The molecule has 0 atom stereocenters. The van der Waals surface area contributed by atoms with E-state index in [1.54, 1.807) is 12.3 Å². The van der Waals surface area contributed by atoms with Crippen molar-refractivity contribution < 1.29 is 9.26 Å². The van der Waals surface area contributed by atoms with E-state index in [4.69, 9.17) is 9.26 Å².